The highest BCUT2D eigenvalue weighted by Crippen LogP contribution is 2.65. The van der Waals surface area contributed by atoms with Gasteiger partial charge in [0.1, 0.15) is 11.9 Å². The molecule has 35 heavy (non-hydrogen) atoms. The van der Waals surface area contributed by atoms with Gasteiger partial charge in [0.15, 0.2) is 17.6 Å². The lowest BCUT2D eigenvalue weighted by Crippen LogP contribution is -2.74. The van der Waals surface area contributed by atoms with Crippen LogP contribution in [0.5, 0.6) is 11.5 Å². The maximum atomic E-state index is 12.1. The number of halogens is 3. The van der Waals surface area contributed by atoms with Gasteiger partial charge in [0, 0.05) is 18.0 Å². The molecule has 3 N–H and O–H groups in total. The van der Waals surface area contributed by atoms with E-state index < -0.39 is 41.3 Å². The van der Waals surface area contributed by atoms with Crippen molar-refractivity contribution in [2.24, 2.45) is 0 Å². The molecule has 5 atom stereocenters. The number of aliphatic carboxylic acids is 1. The number of benzene rings is 1. The van der Waals surface area contributed by atoms with Crippen LogP contribution in [0.1, 0.15) is 30.9 Å². The van der Waals surface area contributed by atoms with E-state index in [1.165, 1.54) is 6.92 Å². The van der Waals surface area contributed by atoms with Gasteiger partial charge in [0.05, 0.1) is 18.1 Å². The predicted molar refractivity (Wildman–Crippen MR) is 113 cm³/mol. The second kappa shape index (κ2) is 8.38. The number of hydrogen-bond donors (Lipinski definition) is 3. The van der Waals surface area contributed by atoms with Crippen LogP contribution in [0.25, 0.3) is 0 Å². The number of aliphatic hydroxyl groups excluding tert-OH is 1. The molecule has 2 bridgehead atoms. The molecule has 1 unspecified atom stereocenters. The van der Waals surface area contributed by atoms with E-state index in [2.05, 4.69) is 11.0 Å². The maximum absolute atomic E-state index is 12.1. The van der Waals surface area contributed by atoms with E-state index in [0.717, 1.165) is 24.1 Å². The Morgan fingerprint density at radius 3 is 2.54 bits per heavy atom. The molecule has 1 aromatic carbocycles. The summed E-state index contributed by atoms with van der Waals surface area (Å²) < 4.78 is 49.2. The molecule has 12 heteroatoms. The lowest BCUT2D eigenvalue weighted by Gasteiger charge is -2.61. The standard InChI is InChI=1S/C21H25NO6.C2HF3O2/c1-11(23)19(24)27-14-6-7-21(25)15-10-12-4-5-13(26-3)17-16(12)20(21,18(14)28-17)8-9-22(15)2;3-2(4,5)1(6)7/h4-6,11,15,18,23,25H,7-10H2,1-3H3;(H,6,7)/t11?,15-,18+,20+,21-;/m1./s1. The van der Waals surface area contributed by atoms with E-state index in [9.17, 15) is 28.2 Å². The van der Waals surface area contributed by atoms with Crippen LogP contribution < -0.4 is 9.47 Å². The molecular weight excluding hydrogens is 475 g/mol. The summed E-state index contributed by atoms with van der Waals surface area (Å²) in [5.74, 6) is -1.87. The molecule has 2 aliphatic heterocycles. The Bertz CT molecular complexity index is 1090. The van der Waals surface area contributed by atoms with Crippen molar-refractivity contribution in [1.29, 1.82) is 0 Å². The van der Waals surface area contributed by atoms with Gasteiger partial charge in [-0.15, -0.1) is 0 Å². The summed E-state index contributed by atoms with van der Waals surface area (Å²) in [6, 6.07) is 3.90. The molecule has 5 rings (SSSR count). The van der Waals surface area contributed by atoms with Crippen molar-refractivity contribution in [2.75, 3.05) is 20.7 Å². The summed E-state index contributed by atoms with van der Waals surface area (Å²) >= 11 is 0. The molecule has 1 saturated heterocycles. The lowest BCUT2D eigenvalue weighted by atomic mass is 9.50. The number of carbonyl (C=O) groups excluding carboxylic acids is 1. The summed E-state index contributed by atoms with van der Waals surface area (Å²) in [7, 11) is 3.64. The third-order valence-electron chi connectivity index (χ3n) is 7.36. The molecular formula is C23H26F3NO8. The molecule has 192 valence electrons. The zero-order valence-electron chi connectivity index (χ0n) is 19.3. The summed E-state index contributed by atoms with van der Waals surface area (Å²) in [5.41, 5.74) is 0.394. The first-order valence-corrected chi connectivity index (χ1v) is 11.0. The second-order valence-corrected chi connectivity index (χ2v) is 9.19. The monoisotopic (exact) mass is 501 g/mol. The Morgan fingerprint density at radius 2 is 1.97 bits per heavy atom. The van der Waals surface area contributed by atoms with Crippen LogP contribution in [-0.4, -0.2) is 82.9 Å². The largest absolute Gasteiger partial charge is 0.493 e. The third-order valence-corrected chi connectivity index (χ3v) is 7.36. The average Bonchev–Trinajstić information content (AvgIpc) is 3.13. The lowest BCUT2D eigenvalue weighted by molar-refractivity contribution is -0.192. The number of ether oxygens (including phenoxy) is 3. The summed E-state index contributed by atoms with van der Waals surface area (Å²) in [6.45, 7) is 2.18. The fraction of sp³-hybridized carbons (Fsp3) is 0.565. The topological polar surface area (TPSA) is 126 Å². The Kier molecular flexibility index (Phi) is 6.05. The van der Waals surface area contributed by atoms with E-state index in [1.807, 2.05) is 13.1 Å². The van der Waals surface area contributed by atoms with Crippen molar-refractivity contribution in [3.05, 3.63) is 35.1 Å². The van der Waals surface area contributed by atoms with Crippen molar-refractivity contribution in [2.45, 2.75) is 61.6 Å². The molecule has 1 spiro atoms. The highest BCUT2D eigenvalue weighted by Gasteiger charge is 2.72. The predicted octanol–water partition coefficient (Wildman–Crippen LogP) is 1.53. The Morgan fingerprint density at radius 1 is 1.31 bits per heavy atom. The van der Waals surface area contributed by atoms with Gasteiger partial charge in [-0.1, -0.05) is 6.07 Å². The minimum Gasteiger partial charge on any atom is -0.493 e. The number of hydrogen-bond acceptors (Lipinski definition) is 8. The smallest absolute Gasteiger partial charge is 0.490 e. The number of aliphatic hydroxyl groups is 2. The highest BCUT2D eigenvalue weighted by molar-refractivity contribution is 5.75. The van der Waals surface area contributed by atoms with Crippen LogP contribution in [0.15, 0.2) is 24.0 Å². The van der Waals surface area contributed by atoms with Crippen molar-refractivity contribution in [3.63, 3.8) is 0 Å². The average molecular weight is 501 g/mol. The molecule has 0 amide bonds. The first-order valence-electron chi connectivity index (χ1n) is 11.0. The van der Waals surface area contributed by atoms with E-state index >= 15 is 0 Å². The van der Waals surface area contributed by atoms with Gasteiger partial charge >= 0.3 is 18.1 Å². The molecule has 2 aliphatic carbocycles. The normalized spacial score (nSPS) is 31.1. The number of alkyl halides is 3. The molecule has 0 saturated carbocycles. The number of methoxy groups -OCH3 is 1. The SMILES string of the molecule is COc1ccc2c3c1O[C@H]1C(OC(=O)C(C)O)=CC[C@@]4(O)[C@@H](C2)N(C)CC[C@]314.O=C(O)C(F)(F)F. The number of carboxylic acid groups (broad SMARTS) is 1. The van der Waals surface area contributed by atoms with Gasteiger partial charge < -0.3 is 34.4 Å². The fourth-order valence-corrected chi connectivity index (χ4v) is 5.79. The van der Waals surface area contributed by atoms with Crippen molar-refractivity contribution in [1.82, 2.24) is 4.90 Å². The summed E-state index contributed by atoms with van der Waals surface area (Å²) in [6.07, 6.45) is -3.43. The molecule has 9 nitrogen and oxygen atoms in total. The number of rotatable bonds is 3. The molecule has 1 aromatic rings. The van der Waals surface area contributed by atoms with Crippen molar-refractivity contribution < 1.29 is 52.3 Å². The first-order chi connectivity index (χ1) is 16.3. The zero-order chi connectivity index (χ0) is 25.9. The number of nitrogens with zero attached hydrogens (tertiary/aromatic N) is 1. The van der Waals surface area contributed by atoms with E-state index in [4.69, 9.17) is 24.1 Å². The van der Waals surface area contributed by atoms with Crippen LogP contribution in [-0.2, 0) is 26.2 Å². The van der Waals surface area contributed by atoms with Gasteiger partial charge in [-0.3, -0.25) is 0 Å². The number of likely N-dealkylation sites (N-methyl/N-ethyl adjacent to an activating group) is 1. The van der Waals surface area contributed by atoms with Gasteiger partial charge in [0.25, 0.3) is 0 Å². The van der Waals surface area contributed by atoms with Gasteiger partial charge in [-0.05, 0) is 51.1 Å². The number of esters is 1. The summed E-state index contributed by atoms with van der Waals surface area (Å²) in [5, 5.41) is 28.7. The van der Waals surface area contributed by atoms with Crippen LogP contribution in [0.2, 0.25) is 0 Å². The number of carbonyl (C=O) groups is 2. The Labute approximate surface area is 198 Å². The zero-order valence-corrected chi connectivity index (χ0v) is 19.3. The minimum absolute atomic E-state index is 0.0514. The molecule has 1 fully saturated rings. The van der Waals surface area contributed by atoms with Crippen LogP contribution in [0.3, 0.4) is 0 Å². The van der Waals surface area contributed by atoms with E-state index in [1.54, 1.807) is 13.2 Å². The molecule has 4 aliphatic rings. The number of carboxylic acids is 1. The Balaban J connectivity index is 0.000000364. The van der Waals surface area contributed by atoms with Gasteiger partial charge in [0.2, 0.25) is 0 Å². The van der Waals surface area contributed by atoms with Crippen molar-refractivity contribution >= 4 is 11.9 Å². The van der Waals surface area contributed by atoms with Gasteiger partial charge in [-0.2, -0.15) is 13.2 Å². The van der Waals surface area contributed by atoms with E-state index in [0.29, 0.717) is 30.1 Å². The number of likely N-dealkylation sites (tertiary alicyclic amines) is 1. The van der Waals surface area contributed by atoms with Crippen LogP contribution in [0.4, 0.5) is 13.2 Å². The Hall–Kier alpha value is -2.83. The fourth-order valence-electron chi connectivity index (χ4n) is 5.79. The summed E-state index contributed by atoms with van der Waals surface area (Å²) in [4.78, 5) is 23.2. The second-order valence-electron chi connectivity index (χ2n) is 9.19. The first kappa shape index (κ1) is 25.3. The van der Waals surface area contributed by atoms with Crippen molar-refractivity contribution in [3.8, 4) is 11.5 Å². The quantitative estimate of drug-likeness (QED) is 0.529. The molecule has 0 aromatic heterocycles. The molecule has 2 heterocycles. The minimum atomic E-state index is -5.08. The maximum Gasteiger partial charge on any atom is 0.490 e. The van der Waals surface area contributed by atoms with Gasteiger partial charge in [-0.25, -0.2) is 9.59 Å². The third kappa shape index (κ3) is 3.66. The van der Waals surface area contributed by atoms with E-state index in [-0.39, 0.29) is 6.04 Å². The number of piperidine rings is 1. The highest BCUT2D eigenvalue weighted by atomic mass is 19.4. The molecule has 0 radical (unpaired) electrons. The van der Waals surface area contributed by atoms with Crippen LogP contribution >= 0.6 is 0 Å². The van der Waals surface area contributed by atoms with Crippen LogP contribution in [0, 0.1) is 0 Å².